The van der Waals surface area contributed by atoms with Gasteiger partial charge >= 0.3 is 0 Å². The van der Waals surface area contributed by atoms with Crippen molar-refractivity contribution in [2.45, 2.75) is 13.8 Å². The zero-order valence-electron chi connectivity index (χ0n) is 11.3. The average Bonchev–Trinajstić information content (AvgIpc) is 2.30. The number of rotatable bonds is 6. The highest BCUT2D eigenvalue weighted by molar-refractivity contribution is 7.80. The molecule has 1 aromatic carbocycles. The maximum Gasteiger partial charge on any atom is 0.236 e. The molecule has 0 aliphatic heterocycles. The maximum atomic E-state index is 14.1. The summed E-state index contributed by atoms with van der Waals surface area (Å²) in [5.41, 5.74) is 10.2. The van der Waals surface area contributed by atoms with E-state index in [9.17, 15) is 13.6 Å². The van der Waals surface area contributed by atoms with Crippen molar-refractivity contribution in [3.05, 3.63) is 29.3 Å². The molecule has 0 aliphatic rings. The SMILES string of the molecule is CC(C)CN(CC(N)=O)c1ccc(C(N)=S)c(F)c1F. The highest BCUT2D eigenvalue weighted by Gasteiger charge is 2.20. The Labute approximate surface area is 121 Å². The van der Waals surface area contributed by atoms with Crippen molar-refractivity contribution in [2.24, 2.45) is 17.4 Å². The van der Waals surface area contributed by atoms with E-state index in [1.807, 2.05) is 13.8 Å². The third kappa shape index (κ3) is 3.86. The summed E-state index contributed by atoms with van der Waals surface area (Å²) in [6.45, 7) is 3.96. The second-order valence-corrected chi connectivity index (χ2v) is 5.30. The lowest BCUT2D eigenvalue weighted by molar-refractivity contribution is -0.116. The standard InChI is InChI=1S/C13H17F2N3OS/c1-7(2)5-18(6-10(16)19)9-4-3-8(13(17)20)11(14)12(9)15/h3-4,7H,5-6H2,1-2H3,(H2,16,19)(H2,17,20). The summed E-state index contributed by atoms with van der Waals surface area (Å²) in [4.78, 5) is 12.2. The van der Waals surface area contributed by atoms with Crippen molar-refractivity contribution in [3.8, 4) is 0 Å². The number of benzene rings is 1. The summed E-state index contributed by atoms with van der Waals surface area (Å²) in [5, 5.41) is 0. The third-order valence-corrected chi connectivity index (χ3v) is 2.82. The van der Waals surface area contributed by atoms with Gasteiger partial charge in [0, 0.05) is 12.1 Å². The molecule has 0 heterocycles. The van der Waals surface area contributed by atoms with Crippen LogP contribution in [0.1, 0.15) is 19.4 Å². The first kappa shape index (κ1) is 16.3. The number of thiocarbonyl (C=S) groups is 1. The van der Waals surface area contributed by atoms with E-state index in [4.69, 9.17) is 11.5 Å². The molecule has 110 valence electrons. The molecule has 1 rings (SSSR count). The number of anilines is 1. The van der Waals surface area contributed by atoms with Gasteiger partial charge < -0.3 is 16.4 Å². The van der Waals surface area contributed by atoms with Crippen LogP contribution < -0.4 is 16.4 Å². The van der Waals surface area contributed by atoms with Crippen LogP contribution in [-0.4, -0.2) is 24.0 Å². The second-order valence-electron chi connectivity index (χ2n) is 4.87. The number of hydrogen-bond donors (Lipinski definition) is 2. The first-order chi connectivity index (χ1) is 9.23. The average molecular weight is 301 g/mol. The number of nitrogens with zero attached hydrogens (tertiary/aromatic N) is 1. The van der Waals surface area contributed by atoms with E-state index in [2.05, 4.69) is 12.2 Å². The molecule has 0 atom stereocenters. The lowest BCUT2D eigenvalue weighted by atomic mass is 10.1. The molecule has 20 heavy (non-hydrogen) atoms. The zero-order valence-corrected chi connectivity index (χ0v) is 12.1. The van der Waals surface area contributed by atoms with Gasteiger partial charge in [0.1, 0.15) is 4.99 Å². The van der Waals surface area contributed by atoms with Crippen LogP contribution in [-0.2, 0) is 4.79 Å². The molecule has 1 aromatic rings. The topological polar surface area (TPSA) is 72.3 Å². The Morgan fingerprint density at radius 2 is 1.90 bits per heavy atom. The molecule has 4 nitrogen and oxygen atoms in total. The fourth-order valence-electron chi connectivity index (χ4n) is 1.85. The molecule has 0 saturated heterocycles. The monoisotopic (exact) mass is 301 g/mol. The Hall–Kier alpha value is -1.76. The van der Waals surface area contributed by atoms with E-state index in [-0.39, 0.29) is 28.7 Å². The van der Waals surface area contributed by atoms with Gasteiger partial charge in [-0.05, 0) is 18.1 Å². The van der Waals surface area contributed by atoms with E-state index < -0.39 is 17.5 Å². The molecule has 0 radical (unpaired) electrons. The summed E-state index contributed by atoms with van der Waals surface area (Å²) in [7, 11) is 0. The summed E-state index contributed by atoms with van der Waals surface area (Å²) in [6, 6.07) is 2.64. The zero-order chi connectivity index (χ0) is 15.4. The highest BCUT2D eigenvalue weighted by atomic mass is 32.1. The van der Waals surface area contributed by atoms with E-state index in [0.717, 1.165) is 0 Å². The molecule has 0 bridgehead atoms. The van der Waals surface area contributed by atoms with E-state index in [0.29, 0.717) is 6.54 Å². The number of carbonyl (C=O) groups excluding carboxylic acids is 1. The second kappa shape index (κ2) is 6.60. The molecular formula is C13H17F2N3OS. The van der Waals surface area contributed by atoms with Gasteiger partial charge in [-0.25, -0.2) is 8.78 Å². The summed E-state index contributed by atoms with van der Waals surface area (Å²) in [6.07, 6.45) is 0. The first-order valence-electron chi connectivity index (χ1n) is 6.05. The molecule has 0 unspecified atom stereocenters. The lowest BCUT2D eigenvalue weighted by Gasteiger charge is -2.26. The number of primary amides is 1. The fourth-order valence-corrected chi connectivity index (χ4v) is 2.01. The van der Waals surface area contributed by atoms with Crippen LogP contribution in [0.3, 0.4) is 0 Å². The minimum absolute atomic E-state index is 0.0324. The summed E-state index contributed by atoms with van der Waals surface area (Å²) >= 11 is 4.64. The Morgan fingerprint density at radius 3 is 2.35 bits per heavy atom. The maximum absolute atomic E-state index is 14.1. The molecule has 0 aromatic heterocycles. The largest absolute Gasteiger partial charge is 0.389 e. The number of carbonyl (C=O) groups is 1. The van der Waals surface area contributed by atoms with Crippen molar-refractivity contribution < 1.29 is 13.6 Å². The summed E-state index contributed by atoms with van der Waals surface area (Å²) < 4.78 is 28.0. The molecule has 4 N–H and O–H groups in total. The molecule has 0 spiro atoms. The Morgan fingerprint density at radius 1 is 1.30 bits per heavy atom. The third-order valence-electron chi connectivity index (χ3n) is 2.60. The van der Waals surface area contributed by atoms with Crippen LogP contribution in [0.5, 0.6) is 0 Å². The predicted octanol–water partition coefficient (Wildman–Crippen LogP) is 1.55. The van der Waals surface area contributed by atoms with Crippen LogP contribution in [0.15, 0.2) is 12.1 Å². The van der Waals surface area contributed by atoms with Crippen molar-refractivity contribution in [2.75, 3.05) is 18.0 Å². The fraction of sp³-hybridized carbons (Fsp3) is 0.385. The minimum atomic E-state index is -1.12. The van der Waals surface area contributed by atoms with Crippen LogP contribution in [0.25, 0.3) is 0 Å². The van der Waals surface area contributed by atoms with E-state index in [1.54, 1.807) is 0 Å². The van der Waals surface area contributed by atoms with Crippen molar-refractivity contribution in [3.63, 3.8) is 0 Å². The van der Waals surface area contributed by atoms with E-state index >= 15 is 0 Å². The van der Waals surface area contributed by atoms with E-state index in [1.165, 1.54) is 17.0 Å². The quantitative estimate of drug-likeness (QED) is 0.782. The van der Waals surface area contributed by atoms with Crippen LogP contribution >= 0.6 is 12.2 Å². The van der Waals surface area contributed by atoms with Crippen LogP contribution in [0.4, 0.5) is 14.5 Å². The number of amides is 1. The Bertz CT molecular complexity index is 535. The normalized spacial score (nSPS) is 10.7. The van der Waals surface area contributed by atoms with Gasteiger partial charge in [0.2, 0.25) is 5.91 Å². The van der Waals surface area contributed by atoms with Gasteiger partial charge in [0.05, 0.1) is 12.2 Å². The number of halogens is 2. The molecule has 1 amide bonds. The van der Waals surface area contributed by atoms with Crippen molar-refractivity contribution in [1.82, 2.24) is 0 Å². The predicted molar refractivity (Wildman–Crippen MR) is 78.5 cm³/mol. The number of nitrogens with two attached hydrogens (primary N) is 2. The number of hydrogen-bond acceptors (Lipinski definition) is 3. The van der Waals surface area contributed by atoms with Gasteiger partial charge in [-0.1, -0.05) is 26.1 Å². The molecule has 0 saturated carbocycles. The lowest BCUT2D eigenvalue weighted by Crippen LogP contribution is -2.37. The molecule has 0 fully saturated rings. The highest BCUT2D eigenvalue weighted by Crippen LogP contribution is 2.25. The van der Waals surface area contributed by atoms with Gasteiger partial charge in [-0.2, -0.15) is 0 Å². The Balaban J connectivity index is 3.23. The van der Waals surface area contributed by atoms with Crippen molar-refractivity contribution in [1.29, 1.82) is 0 Å². The Kier molecular flexibility index (Phi) is 5.38. The smallest absolute Gasteiger partial charge is 0.236 e. The van der Waals surface area contributed by atoms with Crippen LogP contribution in [0.2, 0.25) is 0 Å². The molecule has 7 heteroatoms. The van der Waals surface area contributed by atoms with Gasteiger partial charge in [0.15, 0.2) is 11.6 Å². The first-order valence-corrected chi connectivity index (χ1v) is 6.46. The van der Waals surface area contributed by atoms with Gasteiger partial charge in [0.25, 0.3) is 0 Å². The van der Waals surface area contributed by atoms with Crippen LogP contribution in [0, 0.1) is 17.6 Å². The molecule has 0 aliphatic carbocycles. The minimum Gasteiger partial charge on any atom is -0.389 e. The summed E-state index contributed by atoms with van der Waals surface area (Å²) in [5.74, 6) is -2.68. The molecular weight excluding hydrogens is 284 g/mol. The van der Waals surface area contributed by atoms with Gasteiger partial charge in [-0.3, -0.25) is 4.79 Å². The van der Waals surface area contributed by atoms with Crippen molar-refractivity contribution >= 4 is 28.8 Å². The van der Waals surface area contributed by atoms with Gasteiger partial charge in [-0.15, -0.1) is 0 Å².